The molecule has 2 aliphatic heterocycles. The number of Topliss-reactive ketones (excluding diaryl/α,β-unsaturated/α-hetero) is 1. The molecule has 2 heterocycles. The summed E-state index contributed by atoms with van der Waals surface area (Å²) in [4.78, 5) is 17.7. The lowest BCUT2D eigenvalue weighted by Crippen LogP contribution is -2.53. The summed E-state index contributed by atoms with van der Waals surface area (Å²) in [6.07, 6.45) is 10.5. The van der Waals surface area contributed by atoms with Crippen LogP contribution in [0.1, 0.15) is 57.8 Å². The first kappa shape index (κ1) is 23.4. The van der Waals surface area contributed by atoms with Crippen molar-refractivity contribution in [1.82, 2.24) is 4.90 Å². The minimum absolute atomic E-state index is 0. The highest BCUT2D eigenvalue weighted by molar-refractivity contribution is 5.85. The maximum atomic E-state index is 13.1. The van der Waals surface area contributed by atoms with Gasteiger partial charge in [0.2, 0.25) is 0 Å². The number of para-hydroxylation sites is 2. The van der Waals surface area contributed by atoms with Crippen LogP contribution in [0.2, 0.25) is 0 Å². The van der Waals surface area contributed by atoms with Crippen molar-refractivity contribution < 1.29 is 14.6 Å². The van der Waals surface area contributed by atoms with Crippen molar-refractivity contribution in [1.29, 1.82) is 0 Å². The number of ketones is 1. The molecule has 0 amide bonds. The Kier molecular flexibility index (Phi) is 6.43. The summed E-state index contributed by atoms with van der Waals surface area (Å²) in [6, 6.07) is 8.11. The predicted molar refractivity (Wildman–Crippen MR) is 132 cm³/mol. The molecule has 1 N–H and O–H groups in total. The molecule has 7 rings (SSSR count). The number of halogens is 1. The van der Waals surface area contributed by atoms with Gasteiger partial charge in [0.1, 0.15) is 18.1 Å². The van der Waals surface area contributed by atoms with Crippen LogP contribution in [0.25, 0.3) is 0 Å². The van der Waals surface area contributed by atoms with Crippen molar-refractivity contribution in [2.24, 2.45) is 23.2 Å². The Balaban J connectivity index is 0.00000228. The van der Waals surface area contributed by atoms with Gasteiger partial charge in [-0.05, 0) is 86.7 Å². The molecule has 5 nitrogen and oxygen atoms in total. The van der Waals surface area contributed by atoms with Gasteiger partial charge in [0.15, 0.2) is 0 Å². The van der Waals surface area contributed by atoms with Gasteiger partial charge in [-0.15, -0.1) is 12.4 Å². The second-order valence-electron chi connectivity index (χ2n) is 11.9. The van der Waals surface area contributed by atoms with E-state index in [1.807, 2.05) is 18.2 Å². The molecule has 1 aromatic carbocycles. The van der Waals surface area contributed by atoms with Crippen LogP contribution in [-0.2, 0) is 4.79 Å². The van der Waals surface area contributed by atoms with Crippen LogP contribution in [0.15, 0.2) is 24.3 Å². The number of β-amino-alcohol motifs (C(OH)–C–C–N with tert-alkyl or cyclic N) is 1. The summed E-state index contributed by atoms with van der Waals surface area (Å²) < 4.78 is 5.77. The molecule has 182 valence electrons. The molecule has 0 aromatic heterocycles. The Morgan fingerprint density at radius 2 is 1.64 bits per heavy atom. The Morgan fingerprint density at radius 1 is 1.00 bits per heavy atom. The normalized spacial score (nSPS) is 34.3. The van der Waals surface area contributed by atoms with Crippen LogP contribution < -0.4 is 9.64 Å². The fraction of sp³-hybridized carbons (Fsp3) is 0.741. The molecule has 0 unspecified atom stereocenters. The van der Waals surface area contributed by atoms with E-state index in [0.29, 0.717) is 30.9 Å². The summed E-state index contributed by atoms with van der Waals surface area (Å²) in [5, 5.41) is 11.3. The van der Waals surface area contributed by atoms with Crippen LogP contribution in [0.3, 0.4) is 0 Å². The maximum absolute atomic E-state index is 13.1. The molecule has 1 aromatic rings. The highest BCUT2D eigenvalue weighted by atomic mass is 35.5. The van der Waals surface area contributed by atoms with Crippen LogP contribution in [0, 0.1) is 23.2 Å². The number of benzene rings is 1. The zero-order chi connectivity index (χ0) is 21.8. The van der Waals surface area contributed by atoms with Crippen molar-refractivity contribution in [3.05, 3.63) is 24.3 Å². The van der Waals surface area contributed by atoms with E-state index in [2.05, 4.69) is 15.9 Å². The molecule has 6 aliphatic rings. The molecule has 4 saturated carbocycles. The van der Waals surface area contributed by atoms with E-state index < -0.39 is 5.60 Å². The summed E-state index contributed by atoms with van der Waals surface area (Å²) in [7, 11) is 0. The summed E-state index contributed by atoms with van der Waals surface area (Å²) in [6.45, 7) is 4.33. The number of carbonyl (C=O) groups is 1. The third-order valence-electron chi connectivity index (χ3n) is 9.23. The second-order valence-corrected chi connectivity index (χ2v) is 11.9. The number of anilines is 1. The topological polar surface area (TPSA) is 53.0 Å². The van der Waals surface area contributed by atoms with Crippen LogP contribution >= 0.6 is 12.4 Å². The first-order valence-corrected chi connectivity index (χ1v) is 12.9. The highest BCUT2D eigenvalue weighted by Gasteiger charge is 2.51. The Morgan fingerprint density at radius 3 is 2.30 bits per heavy atom. The van der Waals surface area contributed by atoms with Crippen molar-refractivity contribution in [3.8, 4) is 5.75 Å². The number of hydrogen-bond donors (Lipinski definition) is 1. The number of fused-ring (bicyclic) bond motifs is 1. The Hall–Kier alpha value is -1.30. The molecular formula is C27H39ClN2O3. The number of carbonyl (C=O) groups excluding carboxylic acids is 1. The van der Waals surface area contributed by atoms with Crippen molar-refractivity contribution >= 4 is 23.9 Å². The monoisotopic (exact) mass is 474 g/mol. The first-order chi connectivity index (χ1) is 15.5. The number of piperidine rings is 1. The zero-order valence-corrected chi connectivity index (χ0v) is 20.5. The average Bonchev–Trinajstić information content (AvgIpc) is 2.74. The van der Waals surface area contributed by atoms with Gasteiger partial charge in [-0.25, -0.2) is 0 Å². The number of hydrogen-bond acceptors (Lipinski definition) is 5. The predicted octanol–water partition coefficient (Wildman–Crippen LogP) is 4.31. The minimum Gasteiger partial charge on any atom is -0.490 e. The van der Waals surface area contributed by atoms with E-state index in [1.54, 1.807) is 0 Å². The molecule has 5 fully saturated rings. The first-order valence-electron chi connectivity index (χ1n) is 12.9. The van der Waals surface area contributed by atoms with E-state index in [-0.39, 0.29) is 12.4 Å². The van der Waals surface area contributed by atoms with Crippen LogP contribution in [0.4, 0.5) is 5.69 Å². The second kappa shape index (κ2) is 9.05. The Labute approximate surface area is 204 Å². The van der Waals surface area contributed by atoms with Gasteiger partial charge in [0.25, 0.3) is 0 Å². The van der Waals surface area contributed by atoms with Gasteiger partial charge in [0, 0.05) is 26.1 Å². The molecule has 4 bridgehead atoms. The minimum atomic E-state index is -0.691. The van der Waals surface area contributed by atoms with Gasteiger partial charge in [0.05, 0.1) is 24.4 Å². The molecule has 6 heteroatoms. The highest BCUT2D eigenvalue weighted by Crippen LogP contribution is 2.61. The zero-order valence-electron chi connectivity index (χ0n) is 19.7. The SMILES string of the molecule is Cl.O=C(CN1CCC(O)(CN2CCOc3ccccc32)CC1)CC12CC3CC(CC(C3)C1)C2. The van der Waals surface area contributed by atoms with E-state index in [9.17, 15) is 9.90 Å². The number of ether oxygens (including phenoxy) is 1. The maximum Gasteiger partial charge on any atom is 0.147 e. The molecule has 0 atom stereocenters. The lowest BCUT2D eigenvalue weighted by atomic mass is 9.48. The van der Waals surface area contributed by atoms with Crippen LogP contribution in [0.5, 0.6) is 5.75 Å². The van der Waals surface area contributed by atoms with Crippen molar-refractivity contribution in [3.63, 3.8) is 0 Å². The van der Waals surface area contributed by atoms with Gasteiger partial charge in [-0.1, -0.05) is 12.1 Å². The van der Waals surface area contributed by atoms with E-state index in [0.717, 1.165) is 68.1 Å². The van der Waals surface area contributed by atoms with Gasteiger partial charge < -0.3 is 14.7 Å². The Bertz CT molecular complexity index is 831. The average molecular weight is 475 g/mol. The summed E-state index contributed by atoms with van der Waals surface area (Å²) >= 11 is 0. The molecule has 4 aliphatic carbocycles. The van der Waals surface area contributed by atoms with Crippen LogP contribution in [-0.4, -0.2) is 60.7 Å². The molecule has 33 heavy (non-hydrogen) atoms. The lowest BCUT2D eigenvalue weighted by molar-refractivity contribution is -0.129. The number of nitrogens with zero attached hydrogens (tertiary/aromatic N) is 2. The van der Waals surface area contributed by atoms with Crippen molar-refractivity contribution in [2.75, 3.05) is 44.2 Å². The number of aliphatic hydroxyl groups is 1. The van der Waals surface area contributed by atoms with Gasteiger partial charge in [-0.2, -0.15) is 0 Å². The number of rotatable bonds is 6. The lowest BCUT2D eigenvalue weighted by Gasteiger charge is -2.56. The fourth-order valence-electron chi connectivity index (χ4n) is 8.26. The summed E-state index contributed by atoms with van der Waals surface area (Å²) in [5.74, 6) is 4.08. The molecule has 0 radical (unpaired) electrons. The molecular weight excluding hydrogens is 436 g/mol. The van der Waals surface area contributed by atoms with E-state index >= 15 is 0 Å². The third kappa shape index (κ3) is 4.78. The largest absolute Gasteiger partial charge is 0.490 e. The van der Waals surface area contributed by atoms with Gasteiger partial charge >= 0.3 is 0 Å². The van der Waals surface area contributed by atoms with Gasteiger partial charge in [-0.3, -0.25) is 9.69 Å². The summed E-state index contributed by atoms with van der Waals surface area (Å²) in [5.41, 5.74) is 0.732. The van der Waals surface area contributed by atoms with Crippen molar-refractivity contribution in [2.45, 2.75) is 63.4 Å². The third-order valence-corrected chi connectivity index (χ3v) is 9.23. The molecule has 0 spiro atoms. The fourth-order valence-corrected chi connectivity index (χ4v) is 8.26. The van der Waals surface area contributed by atoms with E-state index in [4.69, 9.17) is 4.74 Å². The quantitative estimate of drug-likeness (QED) is 0.665. The standard InChI is InChI=1S/C27H38N2O3.ClH/c30-23(17-26-14-20-11-21(15-26)13-22(12-20)16-26)18-28-7-5-27(31,6-8-28)19-29-9-10-32-25-4-2-1-3-24(25)29;/h1-4,20-22,31H,5-19H2;1H. The molecule has 1 saturated heterocycles. The smallest absolute Gasteiger partial charge is 0.147 e. The number of likely N-dealkylation sites (tertiary alicyclic amines) is 1. The van der Waals surface area contributed by atoms with E-state index in [1.165, 1.54) is 38.5 Å².